The second-order valence-corrected chi connectivity index (χ2v) is 10.1. The third-order valence-corrected chi connectivity index (χ3v) is 6.45. The third kappa shape index (κ3) is 6.05. The SMILES string of the molecule is C/C(=N/NC(=O)CN(c1cccc(Cl)c1)S(=O)(=O)c1ccc(C)cc1)C(C)(C)C. The fraction of sp³-hybridized carbons (Fsp3) is 0.333. The maximum Gasteiger partial charge on any atom is 0.264 e. The Morgan fingerprint density at radius 3 is 2.31 bits per heavy atom. The lowest BCUT2D eigenvalue weighted by Gasteiger charge is -2.24. The van der Waals surface area contributed by atoms with Crippen LogP contribution < -0.4 is 9.73 Å². The van der Waals surface area contributed by atoms with E-state index in [1.54, 1.807) is 37.3 Å². The number of benzene rings is 2. The molecule has 2 aromatic carbocycles. The van der Waals surface area contributed by atoms with Crippen LogP contribution in [0.2, 0.25) is 5.02 Å². The van der Waals surface area contributed by atoms with Crippen LogP contribution in [0.15, 0.2) is 58.5 Å². The Bertz CT molecular complexity index is 1010. The molecule has 0 aliphatic rings. The number of nitrogens with one attached hydrogen (secondary N) is 1. The van der Waals surface area contributed by atoms with E-state index in [1.807, 2.05) is 27.7 Å². The highest BCUT2D eigenvalue weighted by Crippen LogP contribution is 2.26. The molecule has 0 radical (unpaired) electrons. The summed E-state index contributed by atoms with van der Waals surface area (Å²) >= 11 is 6.05. The number of amides is 1. The lowest BCUT2D eigenvalue weighted by Crippen LogP contribution is -2.40. The molecule has 1 N–H and O–H groups in total. The monoisotopic (exact) mass is 435 g/mol. The van der Waals surface area contributed by atoms with Gasteiger partial charge in [-0.2, -0.15) is 5.10 Å². The minimum Gasteiger partial charge on any atom is -0.271 e. The first-order chi connectivity index (χ1) is 13.4. The maximum absolute atomic E-state index is 13.3. The molecule has 0 unspecified atom stereocenters. The van der Waals surface area contributed by atoms with Gasteiger partial charge in [0.1, 0.15) is 6.54 Å². The molecule has 2 aromatic rings. The molecular formula is C21H26ClN3O3S. The van der Waals surface area contributed by atoms with Gasteiger partial charge in [0.05, 0.1) is 10.6 Å². The van der Waals surface area contributed by atoms with E-state index in [-0.39, 0.29) is 10.3 Å². The smallest absolute Gasteiger partial charge is 0.264 e. The Balaban J connectivity index is 2.39. The molecule has 0 saturated carbocycles. The Labute approximate surface area is 177 Å². The van der Waals surface area contributed by atoms with Crippen molar-refractivity contribution in [1.29, 1.82) is 0 Å². The number of anilines is 1. The molecule has 2 rings (SSSR count). The van der Waals surface area contributed by atoms with Crippen LogP contribution in [0.5, 0.6) is 0 Å². The summed E-state index contributed by atoms with van der Waals surface area (Å²) < 4.78 is 27.5. The number of aryl methyl sites for hydroxylation is 1. The third-order valence-electron chi connectivity index (χ3n) is 4.43. The lowest BCUT2D eigenvalue weighted by molar-refractivity contribution is -0.119. The first kappa shape index (κ1) is 22.9. The molecule has 156 valence electrons. The fourth-order valence-electron chi connectivity index (χ4n) is 2.26. The Hall–Kier alpha value is -2.38. The van der Waals surface area contributed by atoms with Gasteiger partial charge in [0.15, 0.2) is 0 Å². The summed E-state index contributed by atoms with van der Waals surface area (Å²) in [6.07, 6.45) is 0. The van der Waals surface area contributed by atoms with E-state index in [0.29, 0.717) is 10.7 Å². The maximum atomic E-state index is 13.3. The van der Waals surface area contributed by atoms with Crippen LogP contribution in [0.4, 0.5) is 5.69 Å². The molecule has 0 aromatic heterocycles. The normalized spacial score (nSPS) is 12.6. The zero-order valence-corrected chi connectivity index (χ0v) is 18.8. The molecule has 0 spiro atoms. The molecule has 29 heavy (non-hydrogen) atoms. The average Bonchev–Trinajstić information content (AvgIpc) is 2.63. The van der Waals surface area contributed by atoms with Gasteiger partial charge >= 0.3 is 0 Å². The summed E-state index contributed by atoms with van der Waals surface area (Å²) in [6, 6.07) is 12.8. The van der Waals surface area contributed by atoms with E-state index in [4.69, 9.17) is 11.6 Å². The van der Waals surface area contributed by atoms with Gasteiger partial charge in [-0.05, 0) is 44.2 Å². The van der Waals surface area contributed by atoms with E-state index in [1.165, 1.54) is 18.2 Å². The van der Waals surface area contributed by atoms with Crippen LogP contribution in [0.25, 0.3) is 0 Å². The van der Waals surface area contributed by atoms with Crippen LogP contribution in [-0.4, -0.2) is 26.6 Å². The van der Waals surface area contributed by atoms with Crippen molar-refractivity contribution >= 4 is 38.9 Å². The average molecular weight is 436 g/mol. The van der Waals surface area contributed by atoms with Crippen molar-refractivity contribution in [3.63, 3.8) is 0 Å². The number of hydrogen-bond donors (Lipinski definition) is 1. The highest BCUT2D eigenvalue weighted by atomic mass is 35.5. The van der Waals surface area contributed by atoms with Gasteiger partial charge < -0.3 is 0 Å². The van der Waals surface area contributed by atoms with E-state index >= 15 is 0 Å². The second-order valence-electron chi connectivity index (χ2n) is 7.79. The number of halogens is 1. The second kappa shape index (κ2) is 8.97. The lowest BCUT2D eigenvalue weighted by atomic mass is 9.91. The molecule has 0 bridgehead atoms. The van der Waals surface area contributed by atoms with E-state index in [0.717, 1.165) is 15.6 Å². The number of hydrogen-bond acceptors (Lipinski definition) is 4. The van der Waals surface area contributed by atoms with Gasteiger partial charge in [-0.15, -0.1) is 0 Å². The molecule has 0 aliphatic heterocycles. The number of hydrazone groups is 1. The first-order valence-corrected chi connectivity index (χ1v) is 10.9. The van der Waals surface area contributed by atoms with Crippen LogP contribution in [-0.2, 0) is 14.8 Å². The highest BCUT2D eigenvalue weighted by Gasteiger charge is 2.27. The van der Waals surface area contributed by atoms with Crippen LogP contribution in [0.1, 0.15) is 33.3 Å². The van der Waals surface area contributed by atoms with Crippen molar-refractivity contribution in [2.24, 2.45) is 10.5 Å². The van der Waals surface area contributed by atoms with Crippen molar-refractivity contribution in [2.45, 2.75) is 39.5 Å². The van der Waals surface area contributed by atoms with E-state index < -0.39 is 22.5 Å². The predicted molar refractivity (Wildman–Crippen MR) is 118 cm³/mol. The Kier molecular flexibility index (Phi) is 7.08. The number of nitrogens with zero attached hydrogens (tertiary/aromatic N) is 2. The van der Waals surface area contributed by atoms with Crippen molar-refractivity contribution in [2.75, 3.05) is 10.8 Å². The summed E-state index contributed by atoms with van der Waals surface area (Å²) in [4.78, 5) is 12.6. The molecule has 0 heterocycles. The minimum absolute atomic E-state index is 0.0882. The summed E-state index contributed by atoms with van der Waals surface area (Å²) in [5.41, 5.74) is 4.19. The zero-order valence-electron chi connectivity index (χ0n) is 17.2. The molecule has 0 atom stereocenters. The van der Waals surface area contributed by atoms with Gasteiger partial charge in [-0.25, -0.2) is 13.8 Å². The van der Waals surface area contributed by atoms with Gasteiger partial charge in [0.25, 0.3) is 15.9 Å². The largest absolute Gasteiger partial charge is 0.271 e. The summed E-state index contributed by atoms with van der Waals surface area (Å²) in [6.45, 7) is 9.15. The van der Waals surface area contributed by atoms with Gasteiger partial charge in [0, 0.05) is 16.1 Å². The van der Waals surface area contributed by atoms with Crippen molar-refractivity contribution < 1.29 is 13.2 Å². The Morgan fingerprint density at radius 2 is 1.76 bits per heavy atom. The summed E-state index contributed by atoms with van der Waals surface area (Å²) in [5.74, 6) is -0.552. The van der Waals surface area contributed by atoms with Gasteiger partial charge in [-0.1, -0.05) is 56.1 Å². The van der Waals surface area contributed by atoms with Gasteiger partial charge in [0.2, 0.25) is 0 Å². The zero-order chi connectivity index (χ0) is 21.8. The minimum atomic E-state index is -3.98. The van der Waals surface area contributed by atoms with E-state index in [9.17, 15) is 13.2 Å². The Morgan fingerprint density at radius 1 is 1.14 bits per heavy atom. The summed E-state index contributed by atoms with van der Waals surface area (Å²) in [5, 5.41) is 4.46. The number of sulfonamides is 1. The van der Waals surface area contributed by atoms with E-state index in [2.05, 4.69) is 10.5 Å². The van der Waals surface area contributed by atoms with Crippen molar-refractivity contribution in [3.05, 3.63) is 59.1 Å². The molecule has 1 amide bonds. The van der Waals surface area contributed by atoms with Crippen LogP contribution in [0, 0.1) is 12.3 Å². The molecule has 8 heteroatoms. The number of carbonyl (C=O) groups excluding carboxylic acids is 1. The molecular weight excluding hydrogens is 410 g/mol. The molecule has 6 nitrogen and oxygen atoms in total. The van der Waals surface area contributed by atoms with Crippen molar-refractivity contribution in [1.82, 2.24) is 5.43 Å². The van der Waals surface area contributed by atoms with Gasteiger partial charge in [-0.3, -0.25) is 9.10 Å². The highest BCUT2D eigenvalue weighted by molar-refractivity contribution is 7.92. The summed E-state index contributed by atoms with van der Waals surface area (Å²) in [7, 11) is -3.98. The predicted octanol–water partition coefficient (Wildman–Crippen LogP) is 4.38. The van der Waals surface area contributed by atoms with Crippen molar-refractivity contribution in [3.8, 4) is 0 Å². The molecule has 0 aliphatic carbocycles. The molecule has 0 fully saturated rings. The number of rotatable bonds is 6. The topological polar surface area (TPSA) is 78.8 Å². The molecule has 0 saturated heterocycles. The standard InChI is InChI=1S/C21H26ClN3O3S/c1-15-9-11-19(12-10-15)29(27,28)25(18-8-6-7-17(22)13-18)14-20(26)24-23-16(2)21(3,4)5/h6-13H,14H2,1-5H3,(H,24,26)/b23-16-. The van der Waals surface area contributed by atoms with Crippen LogP contribution in [0.3, 0.4) is 0 Å². The fourth-order valence-corrected chi connectivity index (χ4v) is 3.86. The van der Waals surface area contributed by atoms with Crippen LogP contribution >= 0.6 is 11.6 Å². The first-order valence-electron chi connectivity index (χ1n) is 9.10. The number of carbonyl (C=O) groups is 1. The quantitative estimate of drug-likeness (QED) is 0.540.